The number of nitrogens with one attached hydrogen (secondary N) is 2. The number of hydrazine groups is 1. The first-order valence-corrected chi connectivity index (χ1v) is 18.9. The summed E-state index contributed by atoms with van der Waals surface area (Å²) in [4.78, 5) is 54.1. The maximum absolute atomic E-state index is 14.1. The largest absolute Gasteiger partial charge is 0.445 e. The molecular formula is C33H39N5O10S3. The van der Waals surface area contributed by atoms with Crippen LogP contribution in [-0.4, -0.2) is 97.2 Å². The van der Waals surface area contributed by atoms with Crippen LogP contribution in [0, 0.1) is 19.3 Å². The zero-order valence-corrected chi connectivity index (χ0v) is 31.0. The second kappa shape index (κ2) is 17.4. The van der Waals surface area contributed by atoms with Crippen molar-refractivity contribution in [3.63, 3.8) is 0 Å². The fourth-order valence-corrected chi connectivity index (χ4v) is 7.50. The predicted octanol–water partition coefficient (Wildman–Crippen LogP) is 5.97. The number of sulfonamides is 1. The van der Waals surface area contributed by atoms with Crippen molar-refractivity contribution in [1.29, 1.82) is 0 Å². The zero-order valence-electron chi connectivity index (χ0n) is 28.5. The van der Waals surface area contributed by atoms with E-state index in [1.165, 1.54) is 34.8 Å². The molecule has 2 N–H and O–H groups in total. The number of hydrogen-bond donors (Lipinski definition) is 2. The third-order valence-corrected chi connectivity index (χ3v) is 10.5. The molecule has 0 bridgehead atoms. The van der Waals surface area contributed by atoms with E-state index in [4.69, 9.17) is 25.4 Å². The molecule has 4 rings (SSSR count). The molecule has 1 aliphatic rings. The number of carbonyl (C=O) groups excluding carboxylic acids is 4. The lowest BCUT2D eigenvalue weighted by Crippen LogP contribution is -2.71. The van der Waals surface area contributed by atoms with Crippen LogP contribution in [0.5, 0.6) is 0 Å². The van der Waals surface area contributed by atoms with Crippen molar-refractivity contribution < 1.29 is 46.5 Å². The zero-order chi connectivity index (χ0) is 37.3. The predicted molar refractivity (Wildman–Crippen MR) is 191 cm³/mol. The monoisotopic (exact) mass is 761 g/mol. The van der Waals surface area contributed by atoms with Gasteiger partial charge in [0, 0.05) is 6.54 Å². The van der Waals surface area contributed by atoms with Crippen LogP contribution in [0.2, 0.25) is 0 Å². The second-order valence-corrected chi connectivity index (χ2v) is 15.5. The first-order chi connectivity index (χ1) is 24.2. The molecule has 2 aromatic heterocycles. The van der Waals surface area contributed by atoms with Gasteiger partial charge in [-0.25, -0.2) is 37.6 Å². The number of rotatable bonds is 11. The third kappa shape index (κ3) is 10.4. The highest BCUT2D eigenvalue weighted by molar-refractivity contribution is 7.89. The molecule has 0 radical (unpaired) electrons. The van der Waals surface area contributed by atoms with Crippen LogP contribution in [0.1, 0.15) is 33.3 Å². The Morgan fingerprint density at radius 1 is 0.902 bits per heavy atom. The number of nitrogens with zero attached hydrogens (tertiary/aromatic N) is 3. The number of ether oxygens (including phenoxy) is 4. The second-order valence-electron chi connectivity index (χ2n) is 11.7. The Kier molecular flexibility index (Phi) is 13.3. The molecule has 3 aromatic rings. The molecule has 0 spiro atoms. The van der Waals surface area contributed by atoms with Gasteiger partial charge in [-0.3, -0.25) is 10.6 Å². The average molecular weight is 762 g/mol. The Hall–Kier alpha value is -4.83. The lowest BCUT2D eigenvalue weighted by atomic mass is 10.0. The summed E-state index contributed by atoms with van der Waals surface area (Å²) in [7, 11) is -4.37. The van der Waals surface area contributed by atoms with E-state index in [0.717, 1.165) is 19.9 Å². The number of benzene rings is 1. The van der Waals surface area contributed by atoms with Crippen LogP contribution in [0.3, 0.4) is 0 Å². The Balaban J connectivity index is 1.86. The minimum Gasteiger partial charge on any atom is -0.445 e. The van der Waals surface area contributed by atoms with Crippen LogP contribution in [0.15, 0.2) is 64.2 Å². The highest BCUT2D eigenvalue weighted by atomic mass is 32.2. The maximum atomic E-state index is 14.1. The Morgan fingerprint density at radius 2 is 1.45 bits per heavy atom. The molecule has 15 nitrogen and oxygen atoms in total. The minimum atomic E-state index is -4.37. The molecule has 0 unspecified atom stereocenters. The molecule has 51 heavy (non-hydrogen) atoms. The standard InChI is InChI=1S/C33H39N5O10S3/c1-7-16-36(51(43,44)24-14-12-23(6)13-15-24)19-25-29(48-31(40)35-28-11-9-18-50-28)26(47-30(39)34-27-10-8-17-49-27)20-37(32(41)45-21(2)3)38(25)33(42)46-22(4)5/h1,8-15,17-18,21-22,25-26,29H,16,19-20H2,2-6H3,(H,34,39)(H,35,40)/t25-,26+,29-/m0/s1. The van der Waals surface area contributed by atoms with E-state index in [2.05, 4.69) is 16.6 Å². The fraction of sp³-hybridized carbons (Fsp3) is 0.394. The summed E-state index contributed by atoms with van der Waals surface area (Å²) >= 11 is 2.41. The SMILES string of the molecule is C#CCN(C[C@H]1[C@H](OC(=O)Nc2cccs2)[C@H](OC(=O)Nc2cccs2)CN(C(=O)OC(C)C)N1C(=O)OC(C)C)S(=O)(=O)c1ccc(C)cc1. The summed E-state index contributed by atoms with van der Waals surface area (Å²) in [5, 5.41) is 11.1. The first kappa shape index (κ1) is 39.0. The highest BCUT2D eigenvalue weighted by Gasteiger charge is 2.53. The van der Waals surface area contributed by atoms with E-state index >= 15 is 0 Å². The molecule has 4 amide bonds. The molecule has 1 saturated heterocycles. The summed E-state index contributed by atoms with van der Waals surface area (Å²) in [5.41, 5.74) is 0.803. The van der Waals surface area contributed by atoms with E-state index in [1.54, 1.807) is 81.8 Å². The highest BCUT2D eigenvalue weighted by Crippen LogP contribution is 2.30. The van der Waals surface area contributed by atoms with Crippen LogP contribution in [0.4, 0.5) is 29.2 Å². The van der Waals surface area contributed by atoms with Crippen LogP contribution < -0.4 is 10.6 Å². The van der Waals surface area contributed by atoms with E-state index in [1.807, 2.05) is 0 Å². The molecule has 3 atom stereocenters. The molecular weight excluding hydrogens is 723 g/mol. The summed E-state index contributed by atoms with van der Waals surface area (Å²) in [5.74, 6) is 2.33. The molecule has 274 valence electrons. The summed E-state index contributed by atoms with van der Waals surface area (Å²) in [6.45, 7) is 6.40. The Morgan fingerprint density at radius 3 is 1.96 bits per heavy atom. The van der Waals surface area contributed by atoms with Gasteiger partial charge in [-0.2, -0.15) is 4.31 Å². The van der Waals surface area contributed by atoms with Crippen molar-refractivity contribution in [3.8, 4) is 12.3 Å². The normalized spacial score (nSPS) is 17.5. The fourth-order valence-electron chi connectivity index (χ4n) is 4.92. The van der Waals surface area contributed by atoms with Crippen molar-refractivity contribution in [1.82, 2.24) is 14.3 Å². The molecule has 0 aliphatic carbocycles. The van der Waals surface area contributed by atoms with Crippen molar-refractivity contribution >= 4 is 67.1 Å². The minimum absolute atomic E-state index is 0.109. The van der Waals surface area contributed by atoms with Gasteiger partial charge in [-0.15, -0.1) is 29.1 Å². The molecule has 18 heteroatoms. The van der Waals surface area contributed by atoms with Crippen molar-refractivity contribution in [2.75, 3.05) is 30.3 Å². The summed E-state index contributed by atoms with van der Waals surface area (Å²) in [6, 6.07) is 11.1. The molecule has 0 saturated carbocycles. The average Bonchev–Trinajstić information content (AvgIpc) is 3.76. The third-order valence-electron chi connectivity index (χ3n) is 7.06. The number of carbonyl (C=O) groups is 4. The molecule has 1 aromatic carbocycles. The number of anilines is 2. The van der Waals surface area contributed by atoms with Crippen LogP contribution >= 0.6 is 22.7 Å². The van der Waals surface area contributed by atoms with Crippen molar-refractivity contribution in [3.05, 3.63) is 64.9 Å². The number of thiophene rings is 2. The summed E-state index contributed by atoms with van der Waals surface area (Å²) < 4.78 is 51.7. The quantitative estimate of drug-likeness (QED) is 0.175. The van der Waals surface area contributed by atoms with Crippen molar-refractivity contribution in [2.45, 2.75) is 70.0 Å². The lowest BCUT2D eigenvalue weighted by Gasteiger charge is -2.49. The van der Waals surface area contributed by atoms with Gasteiger partial charge in [0.15, 0.2) is 12.2 Å². The maximum Gasteiger partial charge on any atom is 0.429 e. The summed E-state index contributed by atoms with van der Waals surface area (Å²) in [6.07, 6.45) is -2.93. The van der Waals surface area contributed by atoms with Crippen LogP contribution in [0.25, 0.3) is 0 Å². The van der Waals surface area contributed by atoms with Crippen LogP contribution in [-0.2, 0) is 29.0 Å². The van der Waals surface area contributed by atoms with Gasteiger partial charge in [-0.05, 0) is 81.8 Å². The molecule has 3 heterocycles. The van der Waals surface area contributed by atoms with E-state index in [0.29, 0.717) is 10.0 Å². The number of aryl methyl sites for hydroxylation is 1. The first-order valence-electron chi connectivity index (χ1n) is 15.7. The molecule has 1 fully saturated rings. The Labute approximate surface area is 304 Å². The van der Waals surface area contributed by atoms with Crippen molar-refractivity contribution in [2.24, 2.45) is 0 Å². The van der Waals surface area contributed by atoms with E-state index in [-0.39, 0.29) is 4.90 Å². The van der Waals surface area contributed by atoms with Gasteiger partial charge in [0.1, 0.15) is 6.04 Å². The molecule has 1 aliphatic heterocycles. The number of amides is 4. The van der Waals surface area contributed by atoms with Gasteiger partial charge in [0.05, 0.1) is 40.2 Å². The van der Waals surface area contributed by atoms with Gasteiger partial charge < -0.3 is 18.9 Å². The Bertz CT molecular complexity index is 1790. The number of hydrogen-bond acceptors (Lipinski definition) is 12. The number of terminal acetylenes is 1. The van der Waals surface area contributed by atoms with E-state index < -0.39 is 84.5 Å². The van der Waals surface area contributed by atoms with Gasteiger partial charge in [0.25, 0.3) is 0 Å². The lowest BCUT2D eigenvalue weighted by molar-refractivity contribution is -0.158. The smallest absolute Gasteiger partial charge is 0.429 e. The topological polar surface area (TPSA) is 173 Å². The van der Waals surface area contributed by atoms with Gasteiger partial charge in [-0.1, -0.05) is 23.6 Å². The van der Waals surface area contributed by atoms with Gasteiger partial charge >= 0.3 is 24.4 Å². The van der Waals surface area contributed by atoms with E-state index in [9.17, 15) is 27.6 Å². The van der Waals surface area contributed by atoms with Gasteiger partial charge in [0.2, 0.25) is 10.0 Å².